The van der Waals surface area contributed by atoms with Crippen LogP contribution < -0.4 is 10.3 Å². The summed E-state index contributed by atoms with van der Waals surface area (Å²) in [4.78, 5) is 21.3. The fourth-order valence-electron chi connectivity index (χ4n) is 3.54. The minimum atomic E-state index is -0.673. The summed E-state index contributed by atoms with van der Waals surface area (Å²) in [5.41, 5.74) is 3.36. The molecule has 8 heteroatoms. The number of carbonyl (C=O) groups excluding carboxylic acids is 1. The highest BCUT2D eigenvalue weighted by atomic mass is 16.5. The number of amides is 1. The predicted molar refractivity (Wildman–Crippen MR) is 123 cm³/mol. The average molecular weight is 434 g/mol. The molecule has 3 aromatic rings. The largest absolute Gasteiger partial charge is 0.393 e. The van der Waals surface area contributed by atoms with E-state index in [2.05, 4.69) is 15.3 Å². The van der Waals surface area contributed by atoms with Crippen LogP contribution in [0, 0.1) is 0 Å². The molecule has 0 aliphatic carbocycles. The standard InChI is InChI=1S/C24H27N5O3/c1-18(30)17-23(31)26-20-9-7-19(8-10-20)22-11-12-25-24(27-22)29(21-5-3-2-4-6-21)28-13-15-32-16-14-28/h2-12,18,30H,13-17H2,1H3,(H,26,31)/t18-/m0/s1. The lowest BCUT2D eigenvalue weighted by Gasteiger charge is -2.37. The second kappa shape index (κ2) is 10.3. The van der Waals surface area contributed by atoms with E-state index in [1.165, 1.54) is 0 Å². The highest BCUT2D eigenvalue weighted by molar-refractivity contribution is 5.91. The number of morpholine rings is 1. The number of aliphatic hydroxyl groups is 1. The number of hydrogen-bond acceptors (Lipinski definition) is 7. The topological polar surface area (TPSA) is 90.8 Å². The molecule has 1 saturated heterocycles. The maximum atomic E-state index is 11.9. The molecule has 0 spiro atoms. The van der Waals surface area contributed by atoms with Gasteiger partial charge in [-0.3, -0.25) is 4.79 Å². The number of para-hydroxylation sites is 1. The van der Waals surface area contributed by atoms with E-state index in [0.29, 0.717) is 24.8 Å². The third kappa shape index (κ3) is 5.47. The fourth-order valence-corrected chi connectivity index (χ4v) is 3.54. The highest BCUT2D eigenvalue weighted by Crippen LogP contribution is 2.27. The molecule has 4 rings (SSSR count). The maximum absolute atomic E-state index is 11.9. The maximum Gasteiger partial charge on any atom is 0.245 e. The van der Waals surface area contributed by atoms with Gasteiger partial charge in [-0.05, 0) is 37.3 Å². The van der Waals surface area contributed by atoms with Crippen molar-refractivity contribution in [2.75, 3.05) is 36.6 Å². The van der Waals surface area contributed by atoms with Crippen LogP contribution >= 0.6 is 0 Å². The summed E-state index contributed by atoms with van der Waals surface area (Å²) < 4.78 is 5.52. The van der Waals surface area contributed by atoms with Crippen LogP contribution in [0.3, 0.4) is 0 Å². The zero-order valence-electron chi connectivity index (χ0n) is 18.0. The number of hydrogen-bond donors (Lipinski definition) is 2. The van der Waals surface area contributed by atoms with Crippen molar-refractivity contribution in [2.45, 2.75) is 19.4 Å². The Kier molecular flexibility index (Phi) is 7.06. The van der Waals surface area contributed by atoms with E-state index in [9.17, 15) is 9.90 Å². The normalized spacial score (nSPS) is 15.2. The van der Waals surface area contributed by atoms with Gasteiger partial charge in [0, 0.05) is 30.5 Å². The SMILES string of the molecule is C[C@H](O)CC(=O)Nc1ccc(-c2ccnc(N(c3ccccc3)N3CCOCC3)n2)cc1. The predicted octanol–water partition coefficient (Wildman–Crippen LogP) is 3.24. The van der Waals surface area contributed by atoms with Crippen molar-refractivity contribution in [3.05, 3.63) is 66.9 Å². The lowest BCUT2D eigenvalue weighted by molar-refractivity contribution is -0.117. The molecule has 1 amide bonds. The van der Waals surface area contributed by atoms with Gasteiger partial charge in [-0.15, -0.1) is 0 Å². The van der Waals surface area contributed by atoms with E-state index in [0.717, 1.165) is 30.0 Å². The third-order valence-electron chi connectivity index (χ3n) is 5.05. The van der Waals surface area contributed by atoms with Gasteiger partial charge in [0.1, 0.15) is 0 Å². The minimum absolute atomic E-state index is 0.0634. The molecule has 1 aliphatic rings. The zero-order valence-corrected chi connectivity index (χ0v) is 18.0. The number of carbonyl (C=O) groups is 1. The Morgan fingerprint density at radius 3 is 2.53 bits per heavy atom. The van der Waals surface area contributed by atoms with Crippen molar-refractivity contribution < 1.29 is 14.6 Å². The van der Waals surface area contributed by atoms with Crippen molar-refractivity contribution in [3.8, 4) is 11.3 Å². The number of nitrogens with zero attached hydrogens (tertiary/aromatic N) is 4. The molecule has 2 aromatic carbocycles. The van der Waals surface area contributed by atoms with Gasteiger partial charge in [-0.2, -0.15) is 0 Å². The van der Waals surface area contributed by atoms with Crippen LogP contribution in [0.4, 0.5) is 17.3 Å². The van der Waals surface area contributed by atoms with Gasteiger partial charge in [0.2, 0.25) is 11.9 Å². The molecule has 1 atom stereocenters. The van der Waals surface area contributed by atoms with Gasteiger partial charge in [-0.25, -0.2) is 20.0 Å². The molecule has 1 fully saturated rings. The number of aromatic nitrogens is 2. The number of aliphatic hydroxyl groups excluding tert-OH is 1. The highest BCUT2D eigenvalue weighted by Gasteiger charge is 2.23. The van der Waals surface area contributed by atoms with E-state index < -0.39 is 6.10 Å². The molecule has 0 saturated carbocycles. The first-order valence-electron chi connectivity index (χ1n) is 10.7. The monoisotopic (exact) mass is 433 g/mol. The van der Waals surface area contributed by atoms with Crippen LogP contribution in [0.15, 0.2) is 66.9 Å². The molecule has 0 bridgehead atoms. The molecule has 2 heterocycles. The smallest absolute Gasteiger partial charge is 0.245 e. The number of benzene rings is 2. The van der Waals surface area contributed by atoms with Crippen molar-refractivity contribution in [2.24, 2.45) is 0 Å². The van der Waals surface area contributed by atoms with Crippen LogP contribution in [0.5, 0.6) is 0 Å². The Balaban J connectivity index is 1.58. The van der Waals surface area contributed by atoms with Crippen LogP contribution in [-0.4, -0.2) is 58.4 Å². The summed E-state index contributed by atoms with van der Waals surface area (Å²) in [7, 11) is 0. The van der Waals surface area contributed by atoms with Gasteiger partial charge in [-0.1, -0.05) is 30.3 Å². The summed E-state index contributed by atoms with van der Waals surface area (Å²) in [5.74, 6) is 0.367. The fraction of sp³-hybridized carbons (Fsp3) is 0.292. The lowest BCUT2D eigenvalue weighted by Crippen LogP contribution is -2.47. The van der Waals surface area contributed by atoms with Crippen LogP contribution in [0.1, 0.15) is 13.3 Å². The molecule has 2 N–H and O–H groups in total. The Hall–Kier alpha value is -3.33. The zero-order chi connectivity index (χ0) is 22.3. The van der Waals surface area contributed by atoms with Crippen LogP contribution in [0.2, 0.25) is 0 Å². The van der Waals surface area contributed by atoms with E-state index >= 15 is 0 Å². The molecule has 166 valence electrons. The van der Waals surface area contributed by atoms with Gasteiger partial charge < -0.3 is 15.2 Å². The Morgan fingerprint density at radius 1 is 1.12 bits per heavy atom. The van der Waals surface area contributed by atoms with Gasteiger partial charge in [0.25, 0.3) is 0 Å². The van der Waals surface area contributed by atoms with Gasteiger partial charge in [0.15, 0.2) is 0 Å². The Labute approximate surface area is 187 Å². The quantitative estimate of drug-likeness (QED) is 0.591. The Morgan fingerprint density at radius 2 is 1.84 bits per heavy atom. The second-order valence-electron chi connectivity index (χ2n) is 7.63. The molecule has 8 nitrogen and oxygen atoms in total. The van der Waals surface area contributed by atoms with E-state index in [1.807, 2.05) is 65.7 Å². The summed E-state index contributed by atoms with van der Waals surface area (Å²) >= 11 is 0. The van der Waals surface area contributed by atoms with Crippen LogP contribution in [0.25, 0.3) is 11.3 Å². The van der Waals surface area contributed by atoms with Gasteiger partial charge >= 0.3 is 0 Å². The summed E-state index contributed by atoms with van der Waals surface area (Å²) in [6.45, 7) is 4.41. The van der Waals surface area contributed by atoms with Gasteiger partial charge in [0.05, 0.1) is 37.1 Å². The average Bonchev–Trinajstić information content (AvgIpc) is 2.81. The van der Waals surface area contributed by atoms with Crippen molar-refractivity contribution in [1.29, 1.82) is 0 Å². The molecule has 0 radical (unpaired) electrons. The minimum Gasteiger partial charge on any atom is -0.393 e. The second-order valence-corrected chi connectivity index (χ2v) is 7.63. The lowest BCUT2D eigenvalue weighted by atomic mass is 10.1. The summed E-state index contributed by atoms with van der Waals surface area (Å²) in [6.07, 6.45) is 1.15. The molecular weight excluding hydrogens is 406 g/mol. The molecule has 1 aliphatic heterocycles. The molecule has 1 aromatic heterocycles. The van der Waals surface area contributed by atoms with E-state index in [4.69, 9.17) is 9.72 Å². The first-order chi connectivity index (χ1) is 15.6. The Bertz CT molecular complexity index is 1020. The first-order valence-corrected chi connectivity index (χ1v) is 10.7. The van der Waals surface area contributed by atoms with Crippen LogP contribution in [-0.2, 0) is 9.53 Å². The molecular formula is C24H27N5O3. The molecule has 0 unspecified atom stereocenters. The third-order valence-corrected chi connectivity index (χ3v) is 5.05. The molecule has 32 heavy (non-hydrogen) atoms. The number of ether oxygens (including phenoxy) is 1. The number of rotatable bonds is 7. The van der Waals surface area contributed by atoms with Crippen molar-refractivity contribution in [1.82, 2.24) is 15.0 Å². The number of hydrazine groups is 1. The summed E-state index contributed by atoms with van der Waals surface area (Å²) in [6, 6.07) is 19.4. The van der Waals surface area contributed by atoms with Crippen molar-refractivity contribution in [3.63, 3.8) is 0 Å². The first kappa shape index (κ1) is 21.9. The number of nitrogens with one attached hydrogen (secondary N) is 1. The van der Waals surface area contributed by atoms with E-state index in [1.54, 1.807) is 13.1 Å². The van der Waals surface area contributed by atoms with Crippen molar-refractivity contribution >= 4 is 23.2 Å². The number of anilines is 3. The van der Waals surface area contributed by atoms with E-state index in [-0.39, 0.29) is 12.3 Å². The summed E-state index contributed by atoms with van der Waals surface area (Å²) in [5, 5.41) is 16.4.